The van der Waals surface area contributed by atoms with Crippen molar-refractivity contribution >= 4 is 49.0 Å². The molecule has 0 aliphatic rings. The molecular weight excluding hydrogens is 654 g/mol. The van der Waals surface area contributed by atoms with Gasteiger partial charge >= 0.3 is 59.1 Å². The SMILES string of the molecule is O=C([O-])c1cc(N=Nc2ccc(S(=O)(=O)Nc3ccccn3)cc2-c2ccc(S(=O)(=O)Nc3ccccn3)cc2)ccc1[O-].[Na+].[Na+]. The van der Waals surface area contributed by atoms with Gasteiger partial charge in [-0.25, -0.2) is 26.8 Å². The zero-order chi connectivity index (χ0) is 31.3. The number of hydrogen-bond donors (Lipinski definition) is 2. The number of rotatable bonds is 10. The van der Waals surface area contributed by atoms with Crippen LogP contribution in [0.5, 0.6) is 5.75 Å². The van der Waals surface area contributed by atoms with Gasteiger partial charge in [0.15, 0.2) is 0 Å². The first-order chi connectivity index (χ1) is 21.0. The minimum Gasteiger partial charge on any atom is -0.872 e. The van der Waals surface area contributed by atoms with Crippen LogP contribution in [-0.2, 0) is 20.0 Å². The summed E-state index contributed by atoms with van der Waals surface area (Å²) < 4.78 is 56.9. The molecule has 2 N–H and O–H groups in total. The van der Waals surface area contributed by atoms with Crippen LogP contribution in [0.1, 0.15) is 10.4 Å². The molecule has 17 heteroatoms. The molecule has 0 spiro atoms. The van der Waals surface area contributed by atoms with Crippen molar-refractivity contribution in [2.24, 2.45) is 10.2 Å². The summed E-state index contributed by atoms with van der Waals surface area (Å²) in [6.45, 7) is 0. The minimum atomic E-state index is -4.12. The quantitative estimate of drug-likeness (QED) is 0.120. The Bertz CT molecular complexity index is 2090. The van der Waals surface area contributed by atoms with Gasteiger partial charge in [0, 0.05) is 18.0 Å². The molecule has 0 bridgehead atoms. The van der Waals surface area contributed by atoms with Gasteiger partial charge in [0.1, 0.15) is 11.6 Å². The summed E-state index contributed by atoms with van der Waals surface area (Å²) in [5.74, 6) is -2.20. The number of aromatic nitrogens is 2. The second-order valence-electron chi connectivity index (χ2n) is 9.01. The molecule has 5 rings (SSSR count). The zero-order valence-corrected chi connectivity index (χ0v) is 30.0. The van der Waals surface area contributed by atoms with E-state index in [1.165, 1.54) is 73.1 Å². The maximum Gasteiger partial charge on any atom is 1.00 e. The maximum absolute atomic E-state index is 13.2. The number of nitrogens with one attached hydrogen (secondary N) is 2. The van der Waals surface area contributed by atoms with E-state index in [2.05, 4.69) is 29.6 Å². The number of carboxylic acid groups (broad SMARTS) is 1. The van der Waals surface area contributed by atoms with Crippen LogP contribution in [-0.4, -0.2) is 32.8 Å². The Hall–Kier alpha value is -3.67. The fourth-order valence-corrected chi connectivity index (χ4v) is 5.95. The smallest absolute Gasteiger partial charge is 0.872 e. The molecule has 0 radical (unpaired) electrons. The maximum atomic E-state index is 13.2. The van der Waals surface area contributed by atoms with Crippen molar-refractivity contribution in [2.75, 3.05) is 9.44 Å². The number of anilines is 2. The van der Waals surface area contributed by atoms with Crippen LogP contribution < -0.4 is 78.8 Å². The molecule has 0 amide bonds. The third-order valence-electron chi connectivity index (χ3n) is 6.02. The molecule has 0 saturated heterocycles. The van der Waals surface area contributed by atoms with Gasteiger partial charge in [0.25, 0.3) is 20.0 Å². The number of pyridine rings is 2. The summed E-state index contributed by atoms with van der Waals surface area (Å²) >= 11 is 0. The minimum absolute atomic E-state index is 0. The first-order valence-electron chi connectivity index (χ1n) is 12.6. The van der Waals surface area contributed by atoms with E-state index in [9.17, 15) is 31.8 Å². The first-order valence-corrected chi connectivity index (χ1v) is 15.5. The van der Waals surface area contributed by atoms with Gasteiger partial charge in [0.2, 0.25) is 0 Å². The fraction of sp³-hybridized carbons (Fsp3) is 0. The van der Waals surface area contributed by atoms with Crippen LogP contribution in [0.4, 0.5) is 23.0 Å². The van der Waals surface area contributed by atoms with Crippen molar-refractivity contribution in [3.63, 3.8) is 0 Å². The summed E-state index contributed by atoms with van der Waals surface area (Å²) in [6.07, 6.45) is 2.87. The van der Waals surface area contributed by atoms with E-state index in [4.69, 9.17) is 0 Å². The van der Waals surface area contributed by atoms with Crippen molar-refractivity contribution < 1.29 is 91.0 Å². The number of carboxylic acids is 1. The first kappa shape index (κ1) is 36.8. The molecular formula is C29H20N6Na2O7S2. The fourth-order valence-electron chi connectivity index (χ4n) is 3.91. The molecule has 0 atom stereocenters. The van der Waals surface area contributed by atoms with E-state index in [1.54, 1.807) is 24.3 Å². The summed E-state index contributed by atoms with van der Waals surface area (Å²) in [5, 5.41) is 31.2. The average molecular weight is 675 g/mol. The Labute approximate surface area is 308 Å². The predicted octanol–water partition coefficient (Wildman–Crippen LogP) is -2.39. The molecule has 0 saturated carbocycles. The molecule has 13 nitrogen and oxygen atoms in total. The largest absolute Gasteiger partial charge is 1.00 e. The van der Waals surface area contributed by atoms with Crippen LogP contribution in [0.15, 0.2) is 129 Å². The van der Waals surface area contributed by atoms with Crippen LogP contribution in [0.25, 0.3) is 11.1 Å². The standard InChI is InChI=1S/C29H22N6O7S2.2Na/c36-26-14-9-20(17-24(26)29(37)38)32-33-25-13-12-22(44(41,42)35-28-6-2-4-16-31-28)18-23(25)19-7-10-21(11-8-19)43(39,40)34-27-5-1-3-15-30-27;;/h1-18,36H,(H,30,34)(H,31,35)(H,37,38);;/q;2*+1/p-2. The second-order valence-corrected chi connectivity index (χ2v) is 12.4. The Morgan fingerprint density at radius 1 is 0.674 bits per heavy atom. The van der Waals surface area contributed by atoms with E-state index < -0.39 is 37.3 Å². The molecule has 0 unspecified atom stereocenters. The Morgan fingerprint density at radius 3 is 1.78 bits per heavy atom. The van der Waals surface area contributed by atoms with Crippen LogP contribution in [0, 0.1) is 0 Å². The molecule has 3 aromatic carbocycles. The zero-order valence-electron chi connectivity index (χ0n) is 24.4. The van der Waals surface area contributed by atoms with Crippen LogP contribution in [0.3, 0.4) is 0 Å². The van der Waals surface area contributed by atoms with E-state index >= 15 is 0 Å². The van der Waals surface area contributed by atoms with E-state index in [1.807, 2.05) is 0 Å². The Morgan fingerprint density at radius 2 is 1.24 bits per heavy atom. The Balaban J connectivity index is 0.00000288. The molecule has 46 heavy (non-hydrogen) atoms. The van der Waals surface area contributed by atoms with Gasteiger partial charge in [-0.05, 0) is 77.9 Å². The van der Waals surface area contributed by atoms with Gasteiger partial charge in [0.05, 0.1) is 27.1 Å². The molecule has 0 aliphatic heterocycles. The molecule has 222 valence electrons. The number of azo groups is 1. The van der Waals surface area contributed by atoms with Crippen molar-refractivity contribution in [3.05, 3.63) is 115 Å². The molecule has 0 fully saturated rings. The number of carbonyl (C=O) groups is 1. The predicted molar refractivity (Wildman–Crippen MR) is 156 cm³/mol. The van der Waals surface area contributed by atoms with Crippen molar-refractivity contribution in [3.8, 4) is 16.9 Å². The van der Waals surface area contributed by atoms with Crippen molar-refractivity contribution in [1.29, 1.82) is 0 Å². The average Bonchev–Trinajstić information content (AvgIpc) is 3.01. The van der Waals surface area contributed by atoms with Crippen LogP contribution >= 0.6 is 0 Å². The van der Waals surface area contributed by atoms with E-state index in [0.717, 1.165) is 12.1 Å². The monoisotopic (exact) mass is 674 g/mol. The molecule has 0 aliphatic carbocycles. The van der Waals surface area contributed by atoms with Gasteiger partial charge in [-0.2, -0.15) is 5.11 Å². The summed E-state index contributed by atoms with van der Waals surface area (Å²) in [5.41, 5.74) is 0.228. The summed E-state index contributed by atoms with van der Waals surface area (Å²) in [4.78, 5) is 19.0. The second kappa shape index (κ2) is 15.8. The summed E-state index contributed by atoms with van der Waals surface area (Å²) in [6, 6.07) is 22.3. The third kappa shape index (κ3) is 8.98. The number of aromatic carboxylic acids is 1. The number of sulfonamides is 2. The molecule has 2 heterocycles. The molecule has 5 aromatic rings. The van der Waals surface area contributed by atoms with Gasteiger partial charge in [-0.1, -0.05) is 36.1 Å². The number of benzene rings is 3. The van der Waals surface area contributed by atoms with Crippen molar-refractivity contribution in [2.45, 2.75) is 9.79 Å². The van der Waals surface area contributed by atoms with Gasteiger partial charge < -0.3 is 15.0 Å². The van der Waals surface area contributed by atoms with Gasteiger partial charge in [-0.3, -0.25) is 9.44 Å². The third-order valence-corrected chi connectivity index (χ3v) is 8.74. The van der Waals surface area contributed by atoms with Gasteiger partial charge in [-0.15, -0.1) is 5.11 Å². The number of hydrogen-bond acceptors (Lipinski definition) is 11. The van der Waals surface area contributed by atoms with E-state index in [0.29, 0.717) is 5.56 Å². The van der Waals surface area contributed by atoms with E-state index in [-0.39, 0.29) is 97.5 Å². The number of nitrogens with zero attached hydrogens (tertiary/aromatic N) is 4. The Kier molecular flexibility index (Phi) is 12.6. The molecule has 2 aromatic heterocycles. The van der Waals surface area contributed by atoms with Crippen molar-refractivity contribution in [1.82, 2.24) is 9.97 Å². The van der Waals surface area contributed by atoms with Crippen LogP contribution in [0.2, 0.25) is 0 Å². The number of carbonyl (C=O) groups excluding carboxylic acids is 1. The normalized spacial score (nSPS) is 11.2. The topological polar surface area (TPSA) is 206 Å². The summed E-state index contributed by atoms with van der Waals surface area (Å²) in [7, 11) is -8.11.